The molecule has 3 aromatic rings. The molecule has 9 heteroatoms. The Kier molecular flexibility index (Phi) is 9.09. The molecule has 0 radical (unpaired) electrons. The van der Waals surface area contributed by atoms with Gasteiger partial charge < -0.3 is 24.3 Å². The predicted molar refractivity (Wildman–Crippen MR) is 178 cm³/mol. The summed E-state index contributed by atoms with van der Waals surface area (Å²) in [5, 5.41) is 21.3. The highest BCUT2D eigenvalue weighted by molar-refractivity contribution is 14.1. The third-order valence-electron chi connectivity index (χ3n) is 9.11. The monoisotopic (exact) mass is 704 g/mol. The summed E-state index contributed by atoms with van der Waals surface area (Å²) in [7, 11) is 2.11. The zero-order valence-electron chi connectivity index (χ0n) is 24.7. The summed E-state index contributed by atoms with van der Waals surface area (Å²) in [5.41, 5.74) is 5.92. The molecule has 1 fully saturated rings. The van der Waals surface area contributed by atoms with E-state index in [2.05, 4.69) is 40.8 Å². The van der Waals surface area contributed by atoms with E-state index in [9.17, 15) is 19.7 Å². The molecule has 0 saturated carbocycles. The number of halogens is 1. The molecule has 0 amide bonds. The fourth-order valence-corrected chi connectivity index (χ4v) is 7.87. The van der Waals surface area contributed by atoms with Crippen LogP contribution in [0, 0.1) is 21.3 Å². The number of phenols is 1. The summed E-state index contributed by atoms with van der Waals surface area (Å²) in [6, 6.07) is 20.8. The Balaban J connectivity index is 1.36. The van der Waals surface area contributed by atoms with E-state index >= 15 is 0 Å². The maximum Gasteiger partial charge on any atom is 0.455 e. The molecule has 7 nitrogen and oxygen atoms in total. The Bertz CT molecular complexity index is 1650. The number of Topliss-reactive ketones (excluding diaryl/α,β-unsaturated/α-hetero) is 2. The number of rotatable bonds is 8. The number of ketones is 2. The number of ether oxygens (including phenoxy) is 2. The summed E-state index contributed by atoms with van der Waals surface area (Å²) in [5.74, 6) is -0.866. The van der Waals surface area contributed by atoms with Crippen molar-refractivity contribution in [2.75, 3.05) is 20.8 Å². The van der Waals surface area contributed by atoms with Crippen LogP contribution in [0.1, 0.15) is 51.1 Å². The second-order valence-corrected chi connectivity index (χ2v) is 12.8. The first-order valence-electron chi connectivity index (χ1n) is 14.8. The van der Waals surface area contributed by atoms with Crippen molar-refractivity contribution >= 4 is 52.9 Å². The minimum Gasteiger partial charge on any atom is -0.504 e. The first kappa shape index (κ1) is 30.8. The van der Waals surface area contributed by atoms with E-state index in [4.69, 9.17) is 14.1 Å². The molecule has 4 atom stereocenters. The number of fused-ring (bicyclic) bond motifs is 4. The SMILES string of the molecule is COCC1=C2[C@@H](CC/C(=C/c3cc(I)c(O)c(OC)c3)c3ccccc3)OB(O)C[C@@H]2[C@@H]2C(=O)c3ccccc3C(=O)[C@@H]2C1. The van der Waals surface area contributed by atoms with Gasteiger partial charge in [0.2, 0.25) is 0 Å². The summed E-state index contributed by atoms with van der Waals surface area (Å²) in [6.07, 6.45) is 3.50. The number of allylic oxidation sites excluding steroid dienone is 1. The number of carbonyl (C=O) groups is 2. The Hall–Kier alpha value is -3.25. The van der Waals surface area contributed by atoms with Crippen LogP contribution in [-0.2, 0) is 9.39 Å². The van der Waals surface area contributed by atoms with Crippen LogP contribution in [0.3, 0.4) is 0 Å². The second-order valence-electron chi connectivity index (χ2n) is 11.7. The number of methoxy groups -OCH3 is 2. The molecule has 3 aliphatic rings. The topological polar surface area (TPSA) is 102 Å². The van der Waals surface area contributed by atoms with E-state index in [1.165, 1.54) is 7.11 Å². The third-order valence-corrected chi connectivity index (χ3v) is 9.94. The van der Waals surface area contributed by atoms with Gasteiger partial charge in [0, 0.05) is 30.1 Å². The Morgan fingerprint density at radius 2 is 1.73 bits per heavy atom. The second kappa shape index (κ2) is 13.0. The van der Waals surface area contributed by atoms with Crippen LogP contribution in [-0.4, -0.2) is 55.7 Å². The lowest BCUT2D eigenvalue weighted by atomic mass is 9.54. The summed E-state index contributed by atoms with van der Waals surface area (Å²) in [4.78, 5) is 27.6. The van der Waals surface area contributed by atoms with Crippen LogP contribution >= 0.6 is 22.6 Å². The maximum absolute atomic E-state index is 13.9. The average molecular weight is 704 g/mol. The normalized spacial score (nSPS) is 23.3. The van der Waals surface area contributed by atoms with E-state index < -0.39 is 25.1 Å². The van der Waals surface area contributed by atoms with E-state index in [1.54, 1.807) is 37.4 Å². The number of aromatic hydroxyl groups is 1. The molecule has 1 heterocycles. The molecule has 1 saturated heterocycles. The van der Waals surface area contributed by atoms with Crippen molar-refractivity contribution in [1.29, 1.82) is 0 Å². The molecule has 6 rings (SSSR count). The van der Waals surface area contributed by atoms with Crippen molar-refractivity contribution in [3.8, 4) is 11.5 Å². The number of phenolic OH excluding ortho intramolecular Hbond substituents is 1. The highest BCUT2D eigenvalue weighted by atomic mass is 127. The summed E-state index contributed by atoms with van der Waals surface area (Å²) < 4.78 is 17.9. The predicted octanol–water partition coefficient (Wildman–Crippen LogP) is 6.48. The third kappa shape index (κ3) is 5.78. The van der Waals surface area contributed by atoms with Crippen molar-refractivity contribution in [3.05, 3.63) is 104 Å². The zero-order chi connectivity index (χ0) is 31.0. The van der Waals surface area contributed by atoms with E-state index in [-0.39, 0.29) is 29.6 Å². The van der Waals surface area contributed by atoms with Gasteiger partial charge in [-0.1, -0.05) is 60.7 Å². The lowest BCUT2D eigenvalue weighted by Gasteiger charge is -2.47. The molecule has 2 N–H and O–H groups in total. The number of benzene rings is 3. The minimum atomic E-state index is -1.05. The lowest BCUT2D eigenvalue weighted by Crippen LogP contribution is -2.51. The molecule has 0 unspecified atom stereocenters. The van der Waals surface area contributed by atoms with E-state index in [0.29, 0.717) is 46.3 Å². The minimum absolute atomic E-state index is 0.0105. The largest absolute Gasteiger partial charge is 0.504 e. The number of hydrogen-bond donors (Lipinski definition) is 2. The van der Waals surface area contributed by atoms with Crippen LogP contribution in [0.5, 0.6) is 11.5 Å². The van der Waals surface area contributed by atoms with Crippen LogP contribution in [0.2, 0.25) is 6.32 Å². The molecular formula is C35H34BIO7. The molecule has 44 heavy (non-hydrogen) atoms. The lowest BCUT2D eigenvalue weighted by molar-refractivity contribution is 0.0585. The highest BCUT2D eigenvalue weighted by Crippen LogP contribution is 2.51. The summed E-state index contributed by atoms with van der Waals surface area (Å²) >= 11 is 2.09. The van der Waals surface area contributed by atoms with Gasteiger partial charge in [-0.25, -0.2) is 0 Å². The first-order valence-corrected chi connectivity index (χ1v) is 15.9. The van der Waals surface area contributed by atoms with Crippen LogP contribution in [0.25, 0.3) is 11.6 Å². The van der Waals surface area contributed by atoms with Gasteiger partial charge in [-0.3, -0.25) is 9.59 Å². The van der Waals surface area contributed by atoms with Crippen molar-refractivity contribution in [1.82, 2.24) is 0 Å². The van der Waals surface area contributed by atoms with Crippen molar-refractivity contribution < 1.29 is 33.8 Å². The van der Waals surface area contributed by atoms with Crippen LogP contribution in [0.4, 0.5) is 0 Å². The smallest absolute Gasteiger partial charge is 0.455 e. The summed E-state index contributed by atoms with van der Waals surface area (Å²) in [6.45, 7) is 0.335. The standard InChI is InChI=1S/C35H34BIO7/c1-42-19-23-17-26-32(34(39)25-11-7-6-10-24(25)33(26)38)27-18-36(41)44-29(31(23)27)13-12-22(21-8-4-3-5-9-21)14-20-15-28(37)35(40)30(16-20)43-2/h3-11,14-16,26-27,29,32,40-41H,12-13,17-19H2,1-2H3/b22-14-/t26-,27+,29-,32-/m1/s1. The number of carbonyl (C=O) groups excluding carboxylic acids is 2. The Labute approximate surface area is 271 Å². The van der Waals surface area contributed by atoms with Gasteiger partial charge in [0.05, 0.1) is 23.4 Å². The molecule has 2 aliphatic carbocycles. The molecule has 3 aromatic carbocycles. The average Bonchev–Trinajstić information content (AvgIpc) is 3.03. The molecular weight excluding hydrogens is 670 g/mol. The maximum atomic E-state index is 13.9. The first-order chi connectivity index (χ1) is 21.3. The quantitative estimate of drug-likeness (QED) is 0.120. The van der Waals surface area contributed by atoms with Crippen molar-refractivity contribution in [2.24, 2.45) is 17.8 Å². The van der Waals surface area contributed by atoms with Gasteiger partial charge in [0.15, 0.2) is 23.1 Å². The van der Waals surface area contributed by atoms with Gasteiger partial charge in [-0.15, -0.1) is 0 Å². The van der Waals surface area contributed by atoms with E-state index in [0.717, 1.165) is 27.8 Å². The van der Waals surface area contributed by atoms with Crippen LogP contribution < -0.4 is 4.74 Å². The van der Waals surface area contributed by atoms with Crippen molar-refractivity contribution in [2.45, 2.75) is 31.7 Å². The fraction of sp³-hybridized carbons (Fsp3) is 0.314. The van der Waals surface area contributed by atoms with Gasteiger partial charge in [-0.2, -0.15) is 0 Å². The zero-order valence-corrected chi connectivity index (χ0v) is 26.8. The van der Waals surface area contributed by atoms with Gasteiger partial charge in [-0.05, 0) is 94.1 Å². The van der Waals surface area contributed by atoms with Gasteiger partial charge in [0.25, 0.3) is 0 Å². The van der Waals surface area contributed by atoms with Gasteiger partial charge >= 0.3 is 7.12 Å². The molecule has 0 aromatic heterocycles. The van der Waals surface area contributed by atoms with Crippen LogP contribution in [0.15, 0.2) is 77.9 Å². The van der Waals surface area contributed by atoms with Crippen molar-refractivity contribution in [3.63, 3.8) is 0 Å². The highest BCUT2D eigenvalue weighted by Gasteiger charge is 2.53. The Morgan fingerprint density at radius 3 is 2.43 bits per heavy atom. The van der Waals surface area contributed by atoms with Gasteiger partial charge in [0.1, 0.15) is 0 Å². The molecule has 0 bridgehead atoms. The molecule has 1 aliphatic heterocycles. The fourth-order valence-electron chi connectivity index (χ4n) is 7.25. The number of hydrogen-bond acceptors (Lipinski definition) is 7. The Morgan fingerprint density at radius 1 is 1.02 bits per heavy atom. The molecule has 226 valence electrons. The molecule has 0 spiro atoms. The van der Waals surface area contributed by atoms with E-state index in [1.807, 2.05) is 24.3 Å².